The molecule has 0 aliphatic heterocycles. The molecule has 1 aliphatic rings. The van der Waals surface area contributed by atoms with Crippen LogP contribution in [0.1, 0.15) is 17.7 Å². The summed E-state index contributed by atoms with van der Waals surface area (Å²) in [6, 6.07) is 2.95. The molecule has 0 saturated heterocycles. The molecule has 1 fully saturated rings. The predicted molar refractivity (Wildman–Crippen MR) is 85.5 cm³/mol. The Labute approximate surface area is 149 Å². The van der Waals surface area contributed by atoms with Crippen molar-refractivity contribution in [1.82, 2.24) is 19.2 Å². The van der Waals surface area contributed by atoms with Gasteiger partial charge in [-0.05, 0) is 24.6 Å². The Balaban J connectivity index is 1.85. The zero-order valence-corrected chi connectivity index (χ0v) is 14.0. The fourth-order valence-corrected chi connectivity index (χ4v) is 2.99. The predicted octanol–water partition coefficient (Wildman–Crippen LogP) is 3.54. The summed E-state index contributed by atoms with van der Waals surface area (Å²) in [6.45, 7) is 1.54. The second kappa shape index (κ2) is 5.61. The number of hydrogen-bond acceptors (Lipinski definition) is 3. The van der Waals surface area contributed by atoms with E-state index in [9.17, 15) is 26.7 Å². The highest BCUT2D eigenvalue weighted by atomic mass is 19.4. The van der Waals surface area contributed by atoms with Crippen molar-refractivity contribution in [2.45, 2.75) is 32.0 Å². The highest BCUT2D eigenvalue weighted by Gasteiger charge is 2.56. The van der Waals surface area contributed by atoms with Crippen LogP contribution in [0.15, 0.2) is 35.5 Å². The first kappa shape index (κ1) is 17.6. The summed E-state index contributed by atoms with van der Waals surface area (Å²) in [5.74, 6) is -3.67. The van der Waals surface area contributed by atoms with Crippen LogP contribution in [0.3, 0.4) is 0 Å². The lowest BCUT2D eigenvalue weighted by Gasteiger charge is -2.12. The average molecular weight is 384 g/mol. The number of hydrogen-bond donors (Lipinski definition) is 0. The van der Waals surface area contributed by atoms with Crippen molar-refractivity contribution >= 4 is 5.65 Å². The highest BCUT2D eigenvalue weighted by molar-refractivity contribution is 5.66. The molecule has 1 atom stereocenters. The molecule has 1 aliphatic carbocycles. The number of aryl methyl sites for hydroxylation is 1. The summed E-state index contributed by atoms with van der Waals surface area (Å²) in [4.78, 5) is 16.4. The fraction of sp³-hybridized carbons (Fsp3) is 0.353. The first-order chi connectivity index (χ1) is 12.6. The van der Waals surface area contributed by atoms with Crippen molar-refractivity contribution in [2.75, 3.05) is 0 Å². The van der Waals surface area contributed by atoms with E-state index in [2.05, 4.69) is 10.1 Å². The van der Waals surface area contributed by atoms with Gasteiger partial charge in [-0.2, -0.15) is 18.3 Å². The van der Waals surface area contributed by atoms with Gasteiger partial charge in [0.15, 0.2) is 5.69 Å². The van der Waals surface area contributed by atoms with Gasteiger partial charge in [0, 0.05) is 36.8 Å². The van der Waals surface area contributed by atoms with Crippen LogP contribution in [0.25, 0.3) is 16.8 Å². The molecule has 0 N–H and O–H groups in total. The van der Waals surface area contributed by atoms with E-state index in [4.69, 9.17) is 0 Å². The number of alkyl halides is 5. The van der Waals surface area contributed by atoms with Gasteiger partial charge in [0.1, 0.15) is 5.65 Å². The van der Waals surface area contributed by atoms with E-state index in [0.29, 0.717) is 5.56 Å². The van der Waals surface area contributed by atoms with E-state index in [1.165, 1.54) is 18.5 Å². The quantitative estimate of drug-likeness (QED) is 0.649. The van der Waals surface area contributed by atoms with Crippen LogP contribution in [-0.2, 0) is 12.7 Å². The Morgan fingerprint density at radius 2 is 2.04 bits per heavy atom. The largest absolute Gasteiger partial charge is 0.434 e. The third-order valence-corrected chi connectivity index (χ3v) is 4.54. The van der Waals surface area contributed by atoms with Gasteiger partial charge in [-0.15, -0.1) is 0 Å². The van der Waals surface area contributed by atoms with Crippen molar-refractivity contribution in [3.8, 4) is 11.1 Å². The summed E-state index contributed by atoms with van der Waals surface area (Å²) in [7, 11) is 0. The van der Waals surface area contributed by atoms with E-state index >= 15 is 0 Å². The molecule has 27 heavy (non-hydrogen) atoms. The van der Waals surface area contributed by atoms with Gasteiger partial charge < -0.3 is 0 Å². The number of rotatable bonds is 3. The number of fused-ring (bicyclic) bond motifs is 1. The summed E-state index contributed by atoms with van der Waals surface area (Å²) < 4.78 is 68.8. The molecule has 3 aromatic rings. The third-order valence-electron chi connectivity index (χ3n) is 4.54. The average Bonchev–Trinajstić information content (AvgIpc) is 2.94. The molecular formula is C17H13F5N4O. The van der Waals surface area contributed by atoms with E-state index in [0.717, 1.165) is 15.3 Å². The van der Waals surface area contributed by atoms with E-state index < -0.39 is 34.8 Å². The maximum absolute atomic E-state index is 13.5. The second-order valence-electron chi connectivity index (χ2n) is 6.68. The maximum Gasteiger partial charge on any atom is 0.434 e. The number of nitrogens with zero attached hydrogens (tertiary/aromatic N) is 4. The Bertz CT molecular complexity index is 1100. The molecule has 0 bridgehead atoms. The first-order valence-electron chi connectivity index (χ1n) is 8.07. The fourth-order valence-electron chi connectivity index (χ4n) is 2.99. The second-order valence-corrected chi connectivity index (χ2v) is 6.68. The van der Waals surface area contributed by atoms with Crippen LogP contribution in [0, 0.1) is 12.8 Å². The molecule has 4 rings (SSSR count). The van der Waals surface area contributed by atoms with Gasteiger partial charge in [-0.25, -0.2) is 13.8 Å². The van der Waals surface area contributed by atoms with Gasteiger partial charge >= 0.3 is 6.18 Å². The summed E-state index contributed by atoms with van der Waals surface area (Å²) in [5, 5.41) is 3.84. The van der Waals surface area contributed by atoms with Crippen molar-refractivity contribution < 1.29 is 22.0 Å². The van der Waals surface area contributed by atoms with Crippen LogP contribution in [-0.4, -0.2) is 25.1 Å². The lowest BCUT2D eigenvalue weighted by molar-refractivity contribution is -0.140. The van der Waals surface area contributed by atoms with Gasteiger partial charge in [0.25, 0.3) is 11.5 Å². The van der Waals surface area contributed by atoms with Crippen molar-refractivity contribution in [3.63, 3.8) is 0 Å². The van der Waals surface area contributed by atoms with Crippen molar-refractivity contribution in [3.05, 3.63) is 52.3 Å². The zero-order chi connectivity index (χ0) is 19.6. The Morgan fingerprint density at radius 1 is 1.33 bits per heavy atom. The number of pyridine rings is 1. The maximum atomic E-state index is 13.5. The van der Waals surface area contributed by atoms with Crippen LogP contribution < -0.4 is 5.56 Å². The molecule has 0 unspecified atom stereocenters. The molecule has 0 amide bonds. The van der Waals surface area contributed by atoms with Crippen LogP contribution in [0.4, 0.5) is 22.0 Å². The highest BCUT2D eigenvalue weighted by Crippen LogP contribution is 2.49. The van der Waals surface area contributed by atoms with Gasteiger partial charge in [0.05, 0.1) is 11.8 Å². The first-order valence-corrected chi connectivity index (χ1v) is 8.07. The topological polar surface area (TPSA) is 52.2 Å². The zero-order valence-electron chi connectivity index (χ0n) is 14.0. The standard InChI is InChI=1S/C17H13F5N4O/c1-9-2-3-26-12(4-9)24-14(17(20,21)22)13(15(26)27)10-6-23-25(7-10)8-11-5-16(11,18)19/h2-4,6-7,11H,5,8H2,1H3/t11-/m1/s1. The van der Waals surface area contributed by atoms with Gasteiger partial charge in [-0.1, -0.05) is 0 Å². The minimum atomic E-state index is -4.86. The van der Waals surface area contributed by atoms with E-state index in [1.54, 1.807) is 13.0 Å². The smallest absolute Gasteiger partial charge is 0.272 e. The molecule has 142 valence electrons. The van der Waals surface area contributed by atoms with Gasteiger partial charge in [0.2, 0.25) is 0 Å². The van der Waals surface area contributed by atoms with Crippen molar-refractivity contribution in [2.24, 2.45) is 5.92 Å². The molecular weight excluding hydrogens is 371 g/mol. The Kier molecular flexibility index (Phi) is 3.66. The number of aromatic nitrogens is 4. The van der Waals surface area contributed by atoms with Gasteiger partial charge in [-0.3, -0.25) is 13.9 Å². The monoisotopic (exact) mass is 384 g/mol. The molecule has 1 saturated carbocycles. The summed E-state index contributed by atoms with van der Waals surface area (Å²) >= 11 is 0. The Morgan fingerprint density at radius 3 is 2.67 bits per heavy atom. The molecule has 0 aromatic carbocycles. The summed E-state index contributed by atoms with van der Waals surface area (Å²) in [5.41, 5.74) is -2.46. The van der Waals surface area contributed by atoms with E-state index in [1.807, 2.05) is 0 Å². The van der Waals surface area contributed by atoms with E-state index in [-0.39, 0.29) is 24.2 Å². The van der Waals surface area contributed by atoms with Crippen LogP contribution >= 0.6 is 0 Å². The number of halogens is 5. The SMILES string of the molecule is Cc1ccn2c(=O)c(-c3cnn(C[C@H]4CC4(F)F)c3)c(C(F)(F)F)nc2c1. The molecule has 0 radical (unpaired) electrons. The lowest BCUT2D eigenvalue weighted by Crippen LogP contribution is -2.24. The minimum Gasteiger partial charge on any atom is -0.272 e. The molecule has 3 aromatic heterocycles. The molecule has 0 spiro atoms. The third kappa shape index (κ3) is 3.08. The minimum absolute atomic E-state index is 0.112. The normalized spacial score (nSPS) is 18.8. The molecule has 3 heterocycles. The molecule has 5 nitrogen and oxygen atoms in total. The van der Waals surface area contributed by atoms with Crippen molar-refractivity contribution in [1.29, 1.82) is 0 Å². The van der Waals surface area contributed by atoms with Crippen LogP contribution in [0.5, 0.6) is 0 Å². The van der Waals surface area contributed by atoms with Crippen LogP contribution in [0.2, 0.25) is 0 Å². The lowest BCUT2D eigenvalue weighted by atomic mass is 10.1. The Hall–Kier alpha value is -2.78. The summed E-state index contributed by atoms with van der Waals surface area (Å²) in [6.07, 6.45) is -1.57. The molecule has 10 heteroatoms.